The number of methoxy groups -OCH3 is 1. The Labute approximate surface area is 64.8 Å². The van der Waals surface area contributed by atoms with Crippen LogP contribution in [-0.2, 0) is 16.1 Å². The number of aryl methyl sites for hydroxylation is 1. The predicted octanol–water partition coefficient (Wildman–Crippen LogP) is 0.446. The molecule has 1 rings (SSSR count). The van der Waals surface area contributed by atoms with Crippen molar-refractivity contribution < 1.29 is 9.53 Å². The Morgan fingerprint density at radius 2 is 2.55 bits per heavy atom. The number of carbonyl (C=O) groups is 1. The van der Waals surface area contributed by atoms with Crippen LogP contribution in [0, 0.1) is 0 Å². The van der Waals surface area contributed by atoms with Crippen molar-refractivity contribution in [2.24, 2.45) is 0 Å². The Kier molecular flexibility index (Phi) is 2.66. The van der Waals surface area contributed by atoms with Crippen molar-refractivity contribution in [1.82, 2.24) is 9.78 Å². The lowest BCUT2D eigenvalue weighted by Crippen LogP contribution is -2.06. The first-order valence-corrected chi connectivity index (χ1v) is 3.37. The first kappa shape index (κ1) is 7.78. The smallest absolute Gasteiger partial charge is 0.307 e. The summed E-state index contributed by atoms with van der Waals surface area (Å²) in [6, 6.07) is 1.82. The van der Waals surface area contributed by atoms with Crippen LogP contribution in [0.15, 0.2) is 18.5 Å². The molecule has 0 saturated heterocycles. The van der Waals surface area contributed by atoms with E-state index < -0.39 is 0 Å². The zero-order valence-corrected chi connectivity index (χ0v) is 6.36. The van der Waals surface area contributed by atoms with E-state index in [2.05, 4.69) is 9.84 Å². The summed E-state index contributed by atoms with van der Waals surface area (Å²) in [5, 5.41) is 3.93. The molecule has 0 aliphatic rings. The third-order valence-corrected chi connectivity index (χ3v) is 1.33. The average molecular weight is 154 g/mol. The van der Waals surface area contributed by atoms with Gasteiger partial charge in [-0.3, -0.25) is 9.48 Å². The fourth-order valence-electron chi connectivity index (χ4n) is 0.741. The van der Waals surface area contributed by atoms with E-state index in [1.807, 2.05) is 12.3 Å². The zero-order chi connectivity index (χ0) is 8.10. The van der Waals surface area contributed by atoms with E-state index >= 15 is 0 Å². The molecule has 0 aliphatic carbocycles. The maximum Gasteiger partial charge on any atom is 0.307 e. The first-order valence-electron chi connectivity index (χ1n) is 3.37. The number of aromatic nitrogens is 2. The highest BCUT2D eigenvalue weighted by Gasteiger charge is 1.99. The van der Waals surface area contributed by atoms with Gasteiger partial charge in [-0.1, -0.05) is 0 Å². The maximum absolute atomic E-state index is 10.6. The van der Waals surface area contributed by atoms with Crippen LogP contribution >= 0.6 is 0 Å². The molecule has 60 valence electrons. The quantitative estimate of drug-likeness (QED) is 0.593. The monoisotopic (exact) mass is 154 g/mol. The van der Waals surface area contributed by atoms with Crippen LogP contribution < -0.4 is 0 Å². The largest absolute Gasteiger partial charge is 0.469 e. The molecule has 0 aliphatic heterocycles. The number of ether oxygens (including phenoxy) is 1. The second kappa shape index (κ2) is 3.75. The summed E-state index contributed by atoms with van der Waals surface area (Å²) >= 11 is 0. The fraction of sp³-hybridized carbons (Fsp3) is 0.429. The molecule has 11 heavy (non-hydrogen) atoms. The number of rotatable bonds is 3. The van der Waals surface area contributed by atoms with Gasteiger partial charge >= 0.3 is 5.97 Å². The van der Waals surface area contributed by atoms with E-state index in [0.717, 1.165) is 0 Å². The summed E-state index contributed by atoms with van der Waals surface area (Å²) in [4.78, 5) is 10.6. The van der Waals surface area contributed by atoms with Gasteiger partial charge in [0, 0.05) is 12.4 Å². The van der Waals surface area contributed by atoms with Crippen LogP contribution in [-0.4, -0.2) is 22.9 Å². The summed E-state index contributed by atoms with van der Waals surface area (Å²) in [6.07, 6.45) is 3.86. The molecule has 0 bridgehead atoms. The fourth-order valence-corrected chi connectivity index (χ4v) is 0.741. The Hall–Kier alpha value is -1.32. The highest BCUT2D eigenvalue weighted by molar-refractivity contribution is 5.68. The van der Waals surface area contributed by atoms with Gasteiger partial charge in [0.2, 0.25) is 0 Å². The number of nitrogens with zero attached hydrogens (tertiary/aromatic N) is 2. The number of carbonyl (C=O) groups excluding carboxylic acids is 1. The zero-order valence-electron chi connectivity index (χ0n) is 6.36. The molecule has 1 aromatic heterocycles. The molecule has 0 saturated carbocycles. The topological polar surface area (TPSA) is 44.1 Å². The van der Waals surface area contributed by atoms with Gasteiger partial charge in [0.25, 0.3) is 0 Å². The maximum atomic E-state index is 10.6. The summed E-state index contributed by atoms with van der Waals surface area (Å²) in [5.41, 5.74) is 0. The molecule has 1 heterocycles. The average Bonchev–Trinajstić information content (AvgIpc) is 2.52. The van der Waals surface area contributed by atoms with Crippen molar-refractivity contribution in [3.05, 3.63) is 18.5 Å². The Morgan fingerprint density at radius 1 is 1.73 bits per heavy atom. The van der Waals surface area contributed by atoms with Crippen LogP contribution in [0.4, 0.5) is 0 Å². The van der Waals surface area contributed by atoms with E-state index in [4.69, 9.17) is 0 Å². The van der Waals surface area contributed by atoms with Crippen molar-refractivity contribution in [3.8, 4) is 0 Å². The molecular formula is C7H10N2O2. The predicted molar refractivity (Wildman–Crippen MR) is 38.9 cm³/mol. The molecule has 0 aromatic carbocycles. The lowest BCUT2D eigenvalue weighted by molar-refractivity contribution is -0.140. The standard InChI is InChI=1S/C7H10N2O2/c1-11-7(10)3-6-9-5-2-4-8-9/h2,4-5H,3,6H2,1H3. The molecule has 0 radical (unpaired) electrons. The van der Waals surface area contributed by atoms with Gasteiger partial charge in [-0.05, 0) is 6.07 Å². The first-order chi connectivity index (χ1) is 5.33. The van der Waals surface area contributed by atoms with Gasteiger partial charge in [-0.25, -0.2) is 0 Å². The third-order valence-electron chi connectivity index (χ3n) is 1.33. The lowest BCUT2D eigenvalue weighted by atomic mass is 10.4. The molecule has 0 unspecified atom stereocenters. The Bertz CT molecular complexity index is 218. The van der Waals surface area contributed by atoms with Crippen molar-refractivity contribution in [3.63, 3.8) is 0 Å². The van der Waals surface area contributed by atoms with Gasteiger partial charge in [0.15, 0.2) is 0 Å². The highest BCUT2D eigenvalue weighted by atomic mass is 16.5. The van der Waals surface area contributed by atoms with Crippen LogP contribution in [0.5, 0.6) is 0 Å². The van der Waals surface area contributed by atoms with Crippen molar-refractivity contribution >= 4 is 5.97 Å². The van der Waals surface area contributed by atoms with Gasteiger partial charge < -0.3 is 4.74 Å². The molecule has 0 N–H and O–H groups in total. The SMILES string of the molecule is COC(=O)CCn1cccn1. The molecular weight excluding hydrogens is 144 g/mol. The second-order valence-corrected chi connectivity index (χ2v) is 2.10. The van der Waals surface area contributed by atoms with Gasteiger partial charge in [-0.2, -0.15) is 5.10 Å². The van der Waals surface area contributed by atoms with E-state index in [1.54, 1.807) is 10.9 Å². The van der Waals surface area contributed by atoms with Gasteiger partial charge in [0.05, 0.1) is 20.1 Å². The van der Waals surface area contributed by atoms with Crippen molar-refractivity contribution in [1.29, 1.82) is 0 Å². The van der Waals surface area contributed by atoms with Crippen molar-refractivity contribution in [2.45, 2.75) is 13.0 Å². The number of esters is 1. The minimum atomic E-state index is -0.208. The molecule has 0 atom stereocenters. The summed E-state index contributed by atoms with van der Waals surface area (Å²) in [6.45, 7) is 0.583. The van der Waals surface area contributed by atoms with Crippen LogP contribution in [0.3, 0.4) is 0 Å². The van der Waals surface area contributed by atoms with E-state index in [0.29, 0.717) is 13.0 Å². The number of hydrogen-bond donors (Lipinski definition) is 0. The molecule has 0 amide bonds. The van der Waals surface area contributed by atoms with Crippen LogP contribution in [0.2, 0.25) is 0 Å². The summed E-state index contributed by atoms with van der Waals surface area (Å²) in [5.74, 6) is -0.208. The minimum Gasteiger partial charge on any atom is -0.469 e. The van der Waals surface area contributed by atoms with E-state index in [-0.39, 0.29) is 5.97 Å². The van der Waals surface area contributed by atoms with Crippen molar-refractivity contribution in [2.75, 3.05) is 7.11 Å². The molecule has 1 aromatic rings. The third kappa shape index (κ3) is 2.41. The lowest BCUT2D eigenvalue weighted by Gasteiger charge is -1.98. The summed E-state index contributed by atoms with van der Waals surface area (Å²) < 4.78 is 6.16. The molecule has 4 heteroatoms. The van der Waals surface area contributed by atoms with Gasteiger partial charge in [0.1, 0.15) is 0 Å². The molecule has 0 fully saturated rings. The molecule has 0 spiro atoms. The minimum absolute atomic E-state index is 0.208. The summed E-state index contributed by atoms with van der Waals surface area (Å²) in [7, 11) is 1.38. The molecule has 4 nitrogen and oxygen atoms in total. The Morgan fingerprint density at radius 3 is 3.09 bits per heavy atom. The second-order valence-electron chi connectivity index (χ2n) is 2.10. The van der Waals surface area contributed by atoms with E-state index in [1.165, 1.54) is 7.11 Å². The van der Waals surface area contributed by atoms with Crippen LogP contribution in [0.1, 0.15) is 6.42 Å². The number of hydrogen-bond acceptors (Lipinski definition) is 3. The van der Waals surface area contributed by atoms with Gasteiger partial charge in [-0.15, -0.1) is 0 Å². The highest BCUT2D eigenvalue weighted by Crippen LogP contribution is 1.90. The Balaban J connectivity index is 2.29. The normalized spacial score (nSPS) is 9.55. The van der Waals surface area contributed by atoms with Crippen LogP contribution in [0.25, 0.3) is 0 Å². The van der Waals surface area contributed by atoms with E-state index in [9.17, 15) is 4.79 Å².